The molecule has 1 aromatic heterocycles. The topological polar surface area (TPSA) is 117 Å². The molecule has 2 N–H and O–H groups in total. The second-order valence-corrected chi connectivity index (χ2v) is 16.7. The monoisotopic (exact) mass is 800 g/mol. The molecule has 5 aromatic rings. The summed E-state index contributed by atoms with van der Waals surface area (Å²) in [6.45, 7) is 10.0. The number of benzene rings is 4. The quantitative estimate of drug-likeness (QED) is 0.135. The van der Waals surface area contributed by atoms with Gasteiger partial charge < -0.3 is 19.8 Å². The van der Waals surface area contributed by atoms with Crippen molar-refractivity contribution in [1.29, 1.82) is 0 Å². The molecule has 4 aromatic carbocycles. The molecule has 3 amide bonds. The van der Waals surface area contributed by atoms with Gasteiger partial charge in [0.2, 0.25) is 11.8 Å². The number of carbonyl (C=O) groups is 4. The third kappa shape index (κ3) is 7.57. The van der Waals surface area contributed by atoms with Crippen LogP contribution < -0.4 is 15.1 Å². The summed E-state index contributed by atoms with van der Waals surface area (Å²) in [5.41, 5.74) is 5.68. The van der Waals surface area contributed by atoms with E-state index in [2.05, 4.69) is 31.0 Å². The minimum Gasteiger partial charge on any atom is -0.508 e. The number of aromatic hydroxyl groups is 1. The summed E-state index contributed by atoms with van der Waals surface area (Å²) < 4.78 is 14.5. The molecule has 9 rings (SSSR count). The largest absolute Gasteiger partial charge is 0.508 e. The molecule has 0 spiro atoms. The van der Waals surface area contributed by atoms with Gasteiger partial charge >= 0.3 is 0 Å². The van der Waals surface area contributed by atoms with Gasteiger partial charge in [0.25, 0.3) is 5.91 Å². The molecule has 13 heteroatoms. The van der Waals surface area contributed by atoms with E-state index in [1.54, 1.807) is 35.2 Å². The predicted octanol–water partition coefficient (Wildman–Crippen LogP) is 5.74. The van der Waals surface area contributed by atoms with Crippen molar-refractivity contribution in [3.63, 3.8) is 0 Å². The number of piperidine rings is 1. The molecule has 0 saturated carbocycles. The molecule has 58 heavy (non-hydrogen) atoms. The van der Waals surface area contributed by atoms with Crippen molar-refractivity contribution in [2.45, 2.75) is 31.8 Å². The Morgan fingerprint density at radius 1 is 0.776 bits per heavy atom. The summed E-state index contributed by atoms with van der Waals surface area (Å²) in [6, 6.07) is 24.4. The van der Waals surface area contributed by atoms with Crippen LogP contribution >= 0.6 is 11.3 Å². The first kappa shape index (κ1) is 37.9. The van der Waals surface area contributed by atoms with Gasteiger partial charge in [0.1, 0.15) is 17.6 Å². The number of phenolic OH excluding ortho intramolecular Hbond substituents is 1. The van der Waals surface area contributed by atoms with Gasteiger partial charge in [0.15, 0.2) is 5.78 Å². The van der Waals surface area contributed by atoms with Gasteiger partial charge in [-0.3, -0.25) is 34.3 Å². The third-order valence-electron chi connectivity index (χ3n) is 12.1. The normalized spacial score (nSPS) is 19.2. The number of amides is 3. The number of thiophene rings is 1. The molecule has 3 fully saturated rings. The van der Waals surface area contributed by atoms with Crippen molar-refractivity contribution in [1.82, 2.24) is 20.0 Å². The lowest BCUT2D eigenvalue weighted by atomic mass is 9.97. The minimum absolute atomic E-state index is 0.102. The Bertz CT molecular complexity index is 2390. The highest BCUT2D eigenvalue weighted by atomic mass is 32.1. The van der Waals surface area contributed by atoms with Crippen molar-refractivity contribution in [3.05, 3.63) is 113 Å². The Morgan fingerprint density at radius 3 is 2.10 bits per heavy atom. The molecule has 1 unspecified atom stereocenters. The Kier molecular flexibility index (Phi) is 10.4. The number of piperazine rings is 2. The van der Waals surface area contributed by atoms with Gasteiger partial charge in [-0.2, -0.15) is 0 Å². The van der Waals surface area contributed by atoms with E-state index in [-0.39, 0.29) is 41.5 Å². The standard InChI is InChI=1S/C45H45FN6O5S/c46-32-6-2-30(3-7-32)43-41(37-13-11-35(53)27-39(37)58-43)42(55)29-4-8-33(9-5-29)50-22-18-48(19-23-50)16-1-17-49-20-24-51(25-21-49)34-10-12-36-31(26-34)28-52(45(36)57)38-14-15-40(54)47-44(38)56/h2-13,26-27,38,53H,1,14-25,28H2,(H,47,54,56). The second-order valence-electron chi connectivity index (χ2n) is 15.6. The molecule has 5 heterocycles. The third-order valence-corrected chi connectivity index (χ3v) is 13.3. The van der Waals surface area contributed by atoms with E-state index in [0.29, 0.717) is 29.7 Å². The summed E-state index contributed by atoms with van der Waals surface area (Å²) >= 11 is 1.42. The van der Waals surface area contributed by atoms with Gasteiger partial charge in [-0.25, -0.2) is 4.39 Å². The van der Waals surface area contributed by atoms with Crippen LogP contribution in [-0.4, -0.2) is 115 Å². The molecule has 0 radical (unpaired) electrons. The summed E-state index contributed by atoms with van der Waals surface area (Å²) in [6.07, 6.45) is 1.71. The number of nitrogens with one attached hydrogen (secondary N) is 1. The van der Waals surface area contributed by atoms with Crippen LogP contribution in [0.5, 0.6) is 5.75 Å². The van der Waals surface area contributed by atoms with E-state index < -0.39 is 6.04 Å². The Morgan fingerprint density at radius 2 is 1.43 bits per heavy atom. The first-order valence-corrected chi connectivity index (χ1v) is 20.9. The van der Waals surface area contributed by atoms with E-state index >= 15 is 0 Å². The first-order chi connectivity index (χ1) is 28.2. The summed E-state index contributed by atoms with van der Waals surface area (Å²) in [5.74, 6) is -1.11. The molecule has 11 nitrogen and oxygen atoms in total. The maximum atomic E-state index is 14.0. The Labute approximate surface area is 340 Å². The lowest BCUT2D eigenvalue weighted by Gasteiger charge is -2.38. The summed E-state index contributed by atoms with van der Waals surface area (Å²) in [7, 11) is 0. The smallest absolute Gasteiger partial charge is 0.255 e. The molecular weight excluding hydrogens is 756 g/mol. The minimum atomic E-state index is -0.603. The van der Waals surface area contributed by atoms with Gasteiger partial charge in [0, 0.05) is 108 Å². The SMILES string of the molecule is O=C1CCC(N2Cc3cc(N4CCN(CCCN5CCN(c6ccc(C(=O)c7c(-c8ccc(F)cc8)sc8cc(O)ccc78)cc6)CC5)CC4)ccc3C2=O)C(=O)N1. The van der Waals surface area contributed by atoms with Gasteiger partial charge in [-0.1, -0.05) is 12.1 Å². The molecule has 1 atom stereocenters. The fourth-order valence-corrected chi connectivity index (χ4v) is 10.1. The zero-order valence-electron chi connectivity index (χ0n) is 32.2. The average molecular weight is 801 g/mol. The van der Waals surface area contributed by atoms with Crippen molar-refractivity contribution < 1.29 is 28.7 Å². The average Bonchev–Trinajstić information content (AvgIpc) is 3.78. The first-order valence-electron chi connectivity index (χ1n) is 20.1. The maximum Gasteiger partial charge on any atom is 0.255 e. The van der Waals surface area contributed by atoms with Gasteiger partial charge in [-0.15, -0.1) is 11.3 Å². The number of anilines is 2. The van der Waals surface area contributed by atoms with E-state index in [9.17, 15) is 28.7 Å². The van der Waals surface area contributed by atoms with Gasteiger partial charge in [0.05, 0.1) is 0 Å². The number of ketones is 1. The fourth-order valence-electron chi connectivity index (χ4n) is 8.82. The zero-order valence-corrected chi connectivity index (χ0v) is 33.0. The highest BCUT2D eigenvalue weighted by Gasteiger charge is 2.39. The molecule has 0 bridgehead atoms. The number of imide groups is 1. The van der Waals surface area contributed by atoms with Crippen LogP contribution in [0.1, 0.15) is 51.1 Å². The molecule has 4 aliphatic heterocycles. The molecule has 298 valence electrons. The molecule has 3 saturated heterocycles. The van der Waals surface area contributed by atoms with E-state index in [4.69, 9.17) is 0 Å². The van der Waals surface area contributed by atoms with Crippen LogP contribution in [0.3, 0.4) is 0 Å². The lowest BCUT2D eigenvalue weighted by molar-refractivity contribution is -0.136. The predicted molar refractivity (Wildman–Crippen MR) is 223 cm³/mol. The van der Waals surface area contributed by atoms with Crippen LogP contribution in [0.2, 0.25) is 0 Å². The van der Waals surface area contributed by atoms with E-state index in [0.717, 1.165) is 109 Å². The summed E-state index contributed by atoms with van der Waals surface area (Å²) in [5, 5.41) is 13.2. The zero-order chi connectivity index (χ0) is 39.9. The molecule has 0 aliphatic carbocycles. The number of fused-ring (bicyclic) bond motifs is 2. The second kappa shape index (κ2) is 16.0. The van der Waals surface area contributed by atoms with Crippen LogP contribution in [0.4, 0.5) is 15.8 Å². The van der Waals surface area contributed by atoms with Crippen molar-refractivity contribution in [2.24, 2.45) is 0 Å². The number of nitrogens with zero attached hydrogens (tertiary/aromatic N) is 5. The van der Waals surface area contributed by atoms with Crippen LogP contribution in [-0.2, 0) is 16.1 Å². The molecule has 4 aliphatic rings. The van der Waals surface area contributed by atoms with Crippen molar-refractivity contribution >= 4 is 56.3 Å². The Hall–Kier alpha value is -5.63. The summed E-state index contributed by atoms with van der Waals surface area (Å²) in [4.78, 5) is 63.4. The van der Waals surface area contributed by atoms with Crippen LogP contribution in [0, 0.1) is 5.82 Å². The lowest BCUT2D eigenvalue weighted by Crippen LogP contribution is -2.52. The number of phenols is 1. The highest BCUT2D eigenvalue weighted by molar-refractivity contribution is 7.22. The van der Waals surface area contributed by atoms with Gasteiger partial charge in [-0.05, 0) is 110 Å². The van der Waals surface area contributed by atoms with Crippen LogP contribution in [0.25, 0.3) is 20.5 Å². The van der Waals surface area contributed by atoms with E-state index in [1.165, 1.54) is 23.5 Å². The van der Waals surface area contributed by atoms with Crippen molar-refractivity contribution in [3.8, 4) is 16.2 Å². The number of rotatable bonds is 10. The maximum absolute atomic E-state index is 14.0. The number of hydrogen-bond donors (Lipinski definition) is 2. The Balaban J connectivity index is 0.737. The molecular formula is C45H45FN6O5S. The fraction of sp³-hybridized carbons (Fsp3) is 0.333. The number of hydrogen-bond acceptors (Lipinski definition) is 10. The highest BCUT2D eigenvalue weighted by Crippen LogP contribution is 2.41. The number of carbonyl (C=O) groups excluding carboxylic acids is 4. The van der Waals surface area contributed by atoms with Crippen molar-refractivity contribution in [2.75, 3.05) is 75.2 Å². The number of halogens is 1. The van der Waals surface area contributed by atoms with Crippen LogP contribution in [0.15, 0.2) is 84.9 Å². The van der Waals surface area contributed by atoms with E-state index in [1.807, 2.05) is 36.4 Å².